The fraction of sp³-hybridized carbons (Fsp3) is 0.375. The molecule has 0 nitrogen and oxygen atoms in total. The molecule has 0 unspecified atom stereocenters. The van der Waals surface area contributed by atoms with E-state index >= 15 is 0 Å². The highest BCUT2D eigenvalue weighted by atomic mass is 28.3. The van der Waals surface area contributed by atoms with Gasteiger partial charge in [0.05, 0.1) is 8.80 Å². The SMILES string of the molecule is CCCCc1ccc2ccccc2c1[Si](C)C. The predicted octanol–water partition coefficient (Wildman–Crippen LogP) is 4.14. The van der Waals surface area contributed by atoms with Gasteiger partial charge in [-0.25, -0.2) is 0 Å². The first-order valence-electron chi connectivity index (χ1n) is 6.55. The number of unbranched alkanes of at least 4 members (excludes halogenated alkanes) is 1. The zero-order valence-electron chi connectivity index (χ0n) is 11.1. The molecular formula is C16H21Si. The summed E-state index contributed by atoms with van der Waals surface area (Å²) >= 11 is 0. The molecule has 0 aliphatic carbocycles. The summed E-state index contributed by atoms with van der Waals surface area (Å²) in [6.45, 7) is 7.08. The molecule has 0 aromatic heterocycles. The smallest absolute Gasteiger partial charge is 0.0671 e. The molecule has 0 fully saturated rings. The molecule has 0 spiro atoms. The summed E-state index contributed by atoms with van der Waals surface area (Å²) in [4.78, 5) is 0. The van der Waals surface area contributed by atoms with Crippen LogP contribution in [0.1, 0.15) is 25.3 Å². The van der Waals surface area contributed by atoms with Crippen molar-refractivity contribution in [3.63, 3.8) is 0 Å². The lowest BCUT2D eigenvalue weighted by Gasteiger charge is -2.15. The van der Waals surface area contributed by atoms with Crippen molar-refractivity contribution in [1.82, 2.24) is 0 Å². The zero-order valence-corrected chi connectivity index (χ0v) is 12.1. The second-order valence-electron chi connectivity index (χ2n) is 4.92. The molecule has 0 aliphatic rings. The van der Waals surface area contributed by atoms with E-state index in [0.717, 1.165) is 0 Å². The Balaban J connectivity index is 2.56. The molecule has 2 aromatic carbocycles. The van der Waals surface area contributed by atoms with E-state index < -0.39 is 8.80 Å². The van der Waals surface area contributed by atoms with Crippen LogP contribution < -0.4 is 5.19 Å². The Morgan fingerprint density at radius 3 is 2.47 bits per heavy atom. The van der Waals surface area contributed by atoms with E-state index in [4.69, 9.17) is 0 Å². The normalized spacial score (nSPS) is 11.3. The van der Waals surface area contributed by atoms with Crippen molar-refractivity contribution in [3.8, 4) is 0 Å². The minimum absolute atomic E-state index is 0.397. The standard InChI is InChI=1S/C16H21Si/c1-4-5-8-14-12-11-13-9-6-7-10-15(13)16(14)17(2)3/h6-7,9-12H,4-5,8H2,1-3H3. The molecule has 2 aromatic rings. The highest BCUT2D eigenvalue weighted by Crippen LogP contribution is 2.16. The van der Waals surface area contributed by atoms with Crippen LogP contribution in [0.3, 0.4) is 0 Å². The van der Waals surface area contributed by atoms with Crippen LogP contribution in [0.4, 0.5) is 0 Å². The van der Waals surface area contributed by atoms with Crippen LogP contribution in [0.2, 0.25) is 13.1 Å². The fourth-order valence-corrected chi connectivity index (χ4v) is 4.10. The maximum absolute atomic E-state index is 2.40. The molecule has 17 heavy (non-hydrogen) atoms. The summed E-state index contributed by atoms with van der Waals surface area (Å²) in [7, 11) is -0.397. The van der Waals surface area contributed by atoms with Gasteiger partial charge in [-0.1, -0.05) is 68.0 Å². The van der Waals surface area contributed by atoms with Crippen LogP contribution >= 0.6 is 0 Å². The summed E-state index contributed by atoms with van der Waals surface area (Å²) in [6.07, 6.45) is 3.83. The third kappa shape index (κ3) is 2.60. The number of rotatable bonds is 4. The summed E-state index contributed by atoms with van der Waals surface area (Å²) in [5.74, 6) is 0. The Hall–Kier alpha value is -1.08. The lowest BCUT2D eigenvalue weighted by Crippen LogP contribution is -2.27. The molecule has 0 bridgehead atoms. The minimum Gasteiger partial charge on any atom is -0.0671 e. The fourth-order valence-electron chi connectivity index (χ4n) is 2.48. The Morgan fingerprint density at radius 2 is 1.76 bits per heavy atom. The highest BCUT2D eigenvalue weighted by molar-refractivity contribution is 6.73. The average Bonchev–Trinajstić information content (AvgIpc) is 2.35. The number of benzene rings is 2. The maximum atomic E-state index is 2.40. The van der Waals surface area contributed by atoms with Crippen LogP contribution in [0, 0.1) is 0 Å². The van der Waals surface area contributed by atoms with Gasteiger partial charge >= 0.3 is 0 Å². The van der Waals surface area contributed by atoms with Crippen molar-refractivity contribution in [2.75, 3.05) is 0 Å². The Bertz CT molecular complexity index is 500. The van der Waals surface area contributed by atoms with Crippen molar-refractivity contribution < 1.29 is 0 Å². The van der Waals surface area contributed by atoms with Crippen molar-refractivity contribution in [3.05, 3.63) is 42.0 Å². The van der Waals surface area contributed by atoms with E-state index in [-0.39, 0.29) is 0 Å². The van der Waals surface area contributed by atoms with E-state index in [2.05, 4.69) is 56.4 Å². The average molecular weight is 241 g/mol. The molecule has 2 rings (SSSR count). The van der Waals surface area contributed by atoms with Crippen LogP contribution in [0.5, 0.6) is 0 Å². The molecule has 0 saturated carbocycles. The van der Waals surface area contributed by atoms with Gasteiger partial charge in [0.25, 0.3) is 0 Å². The first kappa shape index (κ1) is 12.4. The molecular weight excluding hydrogens is 220 g/mol. The second-order valence-corrected chi connectivity index (χ2v) is 7.42. The first-order chi connectivity index (χ1) is 8.24. The molecule has 0 N–H and O–H groups in total. The highest BCUT2D eigenvalue weighted by Gasteiger charge is 2.11. The number of hydrogen-bond donors (Lipinski definition) is 0. The number of aryl methyl sites for hydroxylation is 1. The Kier molecular flexibility index (Phi) is 4.00. The van der Waals surface area contributed by atoms with Gasteiger partial charge in [0.15, 0.2) is 0 Å². The number of hydrogen-bond acceptors (Lipinski definition) is 0. The molecule has 0 atom stereocenters. The third-order valence-electron chi connectivity index (χ3n) is 3.31. The molecule has 89 valence electrons. The zero-order chi connectivity index (χ0) is 12.3. The second kappa shape index (κ2) is 5.50. The molecule has 0 heterocycles. The summed E-state index contributed by atoms with van der Waals surface area (Å²) in [5.41, 5.74) is 1.59. The van der Waals surface area contributed by atoms with E-state index in [0.29, 0.717) is 0 Å². The Labute approximate surface area is 106 Å². The van der Waals surface area contributed by atoms with Gasteiger partial charge in [-0.15, -0.1) is 0 Å². The molecule has 0 amide bonds. The monoisotopic (exact) mass is 241 g/mol. The van der Waals surface area contributed by atoms with Crippen LogP contribution in [0.25, 0.3) is 10.8 Å². The van der Waals surface area contributed by atoms with Gasteiger partial charge in [-0.3, -0.25) is 0 Å². The van der Waals surface area contributed by atoms with Crippen molar-refractivity contribution in [2.45, 2.75) is 39.3 Å². The summed E-state index contributed by atoms with van der Waals surface area (Å²) in [6, 6.07) is 13.5. The van der Waals surface area contributed by atoms with Crippen molar-refractivity contribution in [2.24, 2.45) is 0 Å². The lowest BCUT2D eigenvalue weighted by molar-refractivity contribution is 0.798. The maximum Gasteiger partial charge on any atom is 0.0803 e. The van der Waals surface area contributed by atoms with Gasteiger partial charge in [-0.2, -0.15) is 0 Å². The Morgan fingerprint density at radius 1 is 1.00 bits per heavy atom. The van der Waals surface area contributed by atoms with Crippen molar-refractivity contribution in [1.29, 1.82) is 0 Å². The minimum atomic E-state index is -0.397. The first-order valence-corrected chi connectivity index (χ1v) is 9.05. The van der Waals surface area contributed by atoms with Gasteiger partial charge in [0, 0.05) is 0 Å². The van der Waals surface area contributed by atoms with Crippen LogP contribution in [-0.2, 0) is 6.42 Å². The summed E-state index contributed by atoms with van der Waals surface area (Å²) in [5, 5.41) is 4.54. The third-order valence-corrected chi connectivity index (χ3v) is 4.91. The van der Waals surface area contributed by atoms with E-state index in [1.165, 1.54) is 30.0 Å². The van der Waals surface area contributed by atoms with Gasteiger partial charge < -0.3 is 0 Å². The molecule has 0 saturated heterocycles. The van der Waals surface area contributed by atoms with Crippen LogP contribution in [-0.4, -0.2) is 8.80 Å². The van der Waals surface area contributed by atoms with Gasteiger partial charge in [0.2, 0.25) is 0 Å². The van der Waals surface area contributed by atoms with E-state index in [9.17, 15) is 0 Å². The molecule has 1 radical (unpaired) electrons. The van der Waals surface area contributed by atoms with Gasteiger partial charge in [-0.05, 0) is 29.2 Å². The number of fused-ring (bicyclic) bond motifs is 1. The molecule has 1 heteroatoms. The molecule has 0 aliphatic heterocycles. The van der Waals surface area contributed by atoms with Gasteiger partial charge in [0.1, 0.15) is 0 Å². The largest absolute Gasteiger partial charge is 0.0803 e. The van der Waals surface area contributed by atoms with Crippen molar-refractivity contribution >= 4 is 24.8 Å². The topological polar surface area (TPSA) is 0 Å². The van der Waals surface area contributed by atoms with E-state index in [1.54, 1.807) is 10.8 Å². The lowest BCUT2D eigenvalue weighted by atomic mass is 10.0. The van der Waals surface area contributed by atoms with Crippen LogP contribution in [0.15, 0.2) is 36.4 Å². The summed E-state index contributed by atoms with van der Waals surface area (Å²) < 4.78 is 0. The predicted molar refractivity (Wildman–Crippen MR) is 79.7 cm³/mol. The van der Waals surface area contributed by atoms with E-state index in [1.807, 2.05) is 0 Å². The quantitative estimate of drug-likeness (QED) is 0.706.